The fourth-order valence-corrected chi connectivity index (χ4v) is 11.6. The third kappa shape index (κ3) is 27.9. The number of Topliss-reactive ketones (excluding diaryl/α,β-unsaturated/α-hetero) is 1. The second-order valence-corrected chi connectivity index (χ2v) is 24.0. The summed E-state index contributed by atoms with van der Waals surface area (Å²) in [5.74, 6) is -4.35. The predicted octanol–water partition coefficient (Wildman–Crippen LogP) is 7.81. The van der Waals surface area contributed by atoms with Crippen LogP contribution in [-0.4, -0.2) is 125 Å². The fraction of sp³-hybridized carbons (Fsp3) is 0.830. The number of cyclic esters (lactones) is 1. The molecule has 2 bridgehead atoms. The van der Waals surface area contributed by atoms with Crippen LogP contribution >= 0.6 is 15.6 Å². The molecule has 0 saturated carbocycles. The van der Waals surface area contributed by atoms with Crippen molar-refractivity contribution in [2.45, 2.75) is 243 Å². The molecule has 2 aliphatic rings. The van der Waals surface area contributed by atoms with Gasteiger partial charge in [-0.15, -0.1) is 0 Å². The van der Waals surface area contributed by atoms with Crippen molar-refractivity contribution in [2.24, 2.45) is 17.8 Å². The zero-order chi connectivity index (χ0) is 56.8. The second kappa shape index (κ2) is 37.1. The number of carbonyl (C=O) groups is 3. The van der Waals surface area contributed by atoms with Gasteiger partial charge in [-0.05, 0) is 37.7 Å². The van der Waals surface area contributed by atoms with E-state index in [0.717, 1.165) is 61.6 Å². The molecule has 13 atom stereocenters. The van der Waals surface area contributed by atoms with Gasteiger partial charge in [0.15, 0.2) is 6.10 Å². The monoisotopic (exact) mass is 1140 g/mol. The maximum absolute atomic E-state index is 13.7. The van der Waals surface area contributed by atoms with Crippen molar-refractivity contribution in [3.05, 3.63) is 34.9 Å². The molecule has 444 valence electrons. The highest BCUT2D eigenvalue weighted by atomic mass is 31.3. The first-order valence-electron chi connectivity index (χ1n) is 28.3. The lowest BCUT2D eigenvalue weighted by molar-refractivity contribution is -0.196. The van der Waals surface area contributed by atoms with Crippen LogP contribution in [0.4, 0.5) is 5.82 Å². The minimum Gasteiger partial charge on any atom is -0.462 e. The van der Waals surface area contributed by atoms with Crippen LogP contribution in [0.5, 0.6) is 0 Å². The second-order valence-electron chi connectivity index (χ2n) is 21.0. The number of nitrogens with zero attached hydrogens (tertiary/aromatic N) is 2. The molecule has 24 heteroatoms. The average Bonchev–Trinajstić information content (AvgIpc) is 3.37. The summed E-state index contributed by atoms with van der Waals surface area (Å²) < 4.78 is 58.9. The molecule has 2 saturated heterocycles. The van der Waals surface area contributed by atoms with E-state index < -0.39 is 133 Å². The van der Waals surface area contributed by atoms with Crippen LogP contribution in [0.1, 0.15) is 200 Å². The number of ether oxygens (including phenoxy) is 3. The Labute approximate surface area is 455 Å². The van der Waals surface area contributed by atoms with Gasteiger partial charge in [0.05, 0.1) is 37.6 Å². The Bertz CT molecular complexity index is 2050. The Morgan fingerprint density at radius 2 is 1.39 bits per heavy atom. The molecule has 0 aliphatic carbocycles. The van der Waals surface area contributed by atoms with Crippen LogP contribution in [0.15, 0.2) is 29.2 Å². The molecule has 0 radical (unpaired) electrons. The van der Waals surface area contributed by atoms with E-state index in [4.69, 9.17) is 29.0 Å². The van der Waals surface area contributed by atoms with Crippen LogP contribution in [0.25, 0.3) is 0 Å². The Kier molecular flexibility index (Phi) is 33.0. The van der Waals surface area contributed by atoms with Gasteiger partial charge in [-0.1, -0.05) is 148 Å². The number of aromatic nitrogens is 2. The summed E-state index contributed by atoms with van der Waals surface area (Å²) in [7, 11) is -11.4. The number of phosphoric acid groups is 2. The molecule has 1 aromatic heterocycles. The maximum Gasteiger partial charge on any atom is 0.481 e. The van der Waals surface area contributed by atoms with Crippen LogP contribution < -0.4 is 11.4 Å². The Hall–Kier alpha value is -2.95. The molecule has 2 aliphatic heterocycles. The summed E-state index contributed by atoms with van der Waals surface area (Å²) in [4.78, 5) is 78.1. The summed E-state index contributed by atoms with van der Waals surface area (Å²) in [5, 5.41) is 57.5. The van der Waals surface area contributed by atoms with Crippen molar-refractivity contribution in [3.63, 3.8) is 0 Å². The van der Waals surface area contributed by atoms with E-state index in [1.807, 2.05) is 6.92 Å². The smallest absolute Gasteiger partial charge is 0.462 e. The number of aliphatic hydroxyl groups is 5. The van der Waals surface area contributed by atoms with E-state index >= 15 is 0 Å². The molecule has 1 aromatic rings. The lowest BCUT2D eigenvalue weighted by atomic mass is 9.82. The van der Waals surface area contributed by atoms with E-state index in [2.05, 4.69) is 23.1 Å². The quantitative estimate of drug-likeness (QED) is 0.0190. The molecule has 0 amide bonds. The average molecular weight is 1140 g/mol. The van der Waals surface area contributed by atoms with E-state index in [0.29, 0.717) is 19.3 Å². The van der Waals surface area contributed by atoms with Gasteiger partial charge in [0, 0.05) is 50.1 Å². The number of carbonyl (C=O) groups excluding carboxylic acids is 3. The third-order valence-electron chi connectivity index (χ3n) is 14.3. The Morgan fingerprint density at radius 3 is 2.00 bits per heavy atom. The number of fused-ring (bicyclic) bond motifs is 3. The minimum absolute atomic E-state index is 0.0218. The number of hydrogen-bond acceptors (Lipinski definition) is 19. The normalized spacial score (nSPS) is 29.8. The predicted molar refractivity (Wildman–Crippen MR) is 287 cm³/mol. The lowest BCUT2D eigenvalue weighted by Gasteiger charge is -2.40. The van der Waals surface area contributed by atoms with Crippen LogP contribution in [0, 0.1) is 17.8 Å². The molecule has 2 fully saturated rings. The molecule has 77 heavy (non-hydrogen) atoms. The van der Waals surface area contributed by atoms with Crippen molar-refractivity contribution >= 4 is 39.2 Å². The first kappa shape index (κ1) is 68.3. The first-order valence-corrected chi connectivity index (χ1v) is 31.3. The summed E-state index contributed by atoms with van der Waals surface area (Å²) in [5.41, 5.74) is 4.68. The highest BCUT2D eigenvalue weighted by Gasteiger charge is 2.45. The Balaban J connectivity index is 1.74. The summed E-state index contributed by atoms with van der Waals surface area (Å²) in [6.07, 6.45) is 9.22. The molecule has 3 unspecified atom stereocenters. The number of esters is 2. The van der Waals surface area contributed by atoms with Crippen molar-refractivity contribution in [3.8, 4) is 0 Å². The number of aliphatic hydroxyl groups excluding tert-OH is 5. The highest BCUT2D eigenvalue weighted by Crippen LogP contribution is 2.60. The topological polar surface area (TPSA) is 343 Å². The van der Waals surface area contributed by atoms with E-state index in [9.17, 15) is 63.6 Å². The van der Waals surface area contributed by atoms with Crippen molar-refractivity contribution in [2.75, 3.05) is 25.6 Å². The maximum atomic E-state index is 13.7. The molecule has 0 aromatic carbocycles. The van der Waals surface area contributed by atoms with Gasteiger partial charge in [0.25, 0.3) is 0 Å². The minimum atomic E-state index is -5.76. The van der Waals surface area contributed by atoms with Crippen LogP contribution in [-0.2, 0) is 51.1 Å². The summed E-state index contributed by atoms with van der Waals surface area (Å²) >= 11 is 0. The SMILES string of the molecule is CCCCC[C@H](O)/C=C/[C@@H]1[C@H](O)[C@H](O)[C@H]2COP(=O)(O)OP(=O)(O)OC[C@H](OC(=O)CCCCCCCCCCCCCCCCC(C)CC)COC(=O)CCCCC(=O)C[C@H]([C@H](n3ccc(N)nc3=O)O2)[C@@H](O)C[C@H]1O. The molecular weight excluding hydrogens is 1040 g/mol. The molecule has 3 heterocycles. The number of phosphoric ester groups is 2. The largest absolute Gasteiger partial charge is 0.481 e. The van der Waals surface area contributed by atoms with Gasteiger partial charge in [-0.25, -0.2) is 13.9 Å². The first-order chi connectivity index (χ1) is 36.6. The van der Waals surface area contributed by atoms with Gasteiger partial charge >= 0.3 is 33.3 Å². The number of rotatable bonds is 26. The number of hydrogen-bond donors (Lipinski definition) is 8. The summed E-state index contributed by atoms with van der Waals surface area (Å²) in [6, 6.07) is 1.18. The zero-order valence-corrected chi connectivity index (χ0v) is 47.6. The van der Waals surface area contributed by atoms with Gasteiger partial charge in [-0.2, -0.15) is 9.29 Å². The van der Waals surface area contributed by atoms with E-state index in [1.54, 1.807) is 0 Å². The standard InChI is InChI=1S/C53H93N3O19P2/c1-4-6-19-25-39(57)29-30-42-44(59)34-45(60)43-33-40(58)26-22-23-27-48(61)70-35-41(73-49(62)28-21-18-16-14-12-10-8-7-9-11-13-15-17-20-24-38(3)5-2)36-71-76(66,67)75-77(68,69)72-37-46(51(64)50(42)63)74-52(43)56-32-31-47(54)55-53(56)65/h29-32,38-39,41-46,50-52,57,59-60,63-64H,4-28,33-37H2,1-3H3,(H,66,67)(H,68,69)(H2,54,55,65)/b30-29+/t38?,39-,41+,42-,43-,44+,45-,46+,50-,51+,52+/m0/s1. The number of nitrogens with two attached hydrogens (primary N) is 1. The number of anilines is 1. The Morgan fingerprint density at radius 1 is 0.805 bits per heavy atom. The van der Waals surface area contributed by atoms with E-state index in [1.165, 1.54) is 82.4 Å². The third-order valence-corrected chi connectivity index (χ3v) is 16.9. The van der Waals surface area contributed by atoms with Crippen molar-refractivity contribution in [1.82, 2.24) is 9.55 Å². The molecule has 3 rings (SSSR count). The number of unbranched alkanes of at least 4 members (excludes halogenated alkanes) is 15. The zero-order valence-electron chi connectivity index (χ0n) is 45.8. The van der Waals surface area contributed by atoms with Crippen molar-refractivity contribution < 1.29 is 86.4 Å². The van der Waals surface area contributed by atoms with Crippen LogP contribution in [0.2, 0.25) is 0 Å². The van der Waals surface area contributed by atoms with Gasteiger partial charge < -0.3 is 55.3 Å². The van der Waals surface area contributed by atoms with Gasteiger partial charge in [-0.3, -0.25) is 28.0 Å². The lowest BCUT2D eigenvalue weighted by Crippen LogP contribution is -2.52. The molecule has 22 nitrogen and oxygen atoms in total. The number of ketones is 1. The van der Waals surface area contributed by atoms with Gasteiger partial charge in [0.1, 0.15) is 36.6 Å². The van der Waals surface area contributed by atoms with Crippen LogP contribution in [0.3, 0.4) is 0 Å². The molecule has 9 N–H and O–H groups in total. The molecular formula is C53H93N3O19P2. The van der Waals surface area contributed by atoms with E-state index in [-0.39, 0.29) is 37.9 Å². The number of nitrogen functional groups attached to an aromatic ring is 1. The summed E-state index contributed by atoms with van der Waals surface area (Å²) in [6.45, 7) is 3.67. The fourth-order valence-electron chi connectivity index (χ4n) is 9.46. The molecule has 0 spiro atoms. The highest BCUT2D eigenvalue weighted by molar-refractivity contribution is 7.61. The van der Waals surface area contributed by atoms with Crippen molar-refractivity contribution in [1.29, 1.82) is 0 Å². The van der Waals surface area contributed by atoms with Gasteiger partial charge in [0.2, 0.25) is 0 Å².